The summed E-state index contributed by atoms with van der Waals surface area (Å²) in [6.45, 7) is 5.88. The van der Waals surface area contributed by atoms with Crippen LogP contribution >= 0.6 is 23.2 Å². The van der Waals surface area contributed by atoms with Gasteiger partial charge in [0.15, 0.2) is 0 Å². The van der Waals surface area contributed by atoms with Gasteiger partial charge in [-0.1, -0.05) is 41.4 Å². The van der Waals surface area contributed by atoms with Crippen LogP contribution in [0.2, 0.25) is 10.0 Å². The summed E-state index contributed by atoms with van der Waals surface area (Å²) in [7, 11) is 2.17. The Morgan fingerprint density at radius 1 is 1.22 bits per heavy atom. The number of hydrogen-bond donors (Lipinski definition) is 1. The smallest absolute Gasteiger partial charge is 0.138 e. The fraction of sp³-hybridized carbons (Fsp3) is 0.455. The molecule has 1 heterocycles. The quantitative estimate of drug-likeness (QED) is 0.650. The monoisotopic (exact) mass is 406 g/mol. The molecule has 0 aromatic heterocycles. The molecule has 1 saturated heterocycles. The summed E-state index contributed by atoms with van der Waals surface area (Å²) >= 11 is 12.4. The van der Waals surface area contributed by atoms with Gasteiger partial charge < -0.3 is 15.0 Å². The SMILES string of the molecule is C[C@@H](NCc1ccc(Cl)c(OCC2CCCN(C)C2)c1)c1cccc(Cl)c1. The molecule has 0 bridgehead atoms. The molecule has 1 N–H and O–H groups in total. The first-order valence-electron chi connectivity index (χ1n) is 9.60. The van der Waals surface area contributed by atoms with E-state index in [0.29, 0.717) is 10.9 Å². The Morgan fingerprint density at radius 2 is 2.07 bits per heavy atom. The number of benzene rings is 2. The molecule has 0 spiro atoms. The Hall–Kier alpha value is -1.26. The molecule has 1 aliphatic rings. The van der Waals surface area contributed by atoms with Crippen molar-refractivity contribution in [2.45, 2.75) is 32.4 Å². The summed E-state index contributed by atoms with van der Waals surface area (Å²) in [5, 5.41) is 4.97. The van der Waals surface area contributed by atoms with Gasteiger partial charge in [-0.15, -0.1) is 0 Å². The number of likely N-dealkylation sites (tertiary alicyclic amines) is 1. The Labute approximate surface area is 172 Å². The molecule has 1 aliphatic heterocycles. The molecule has 1 fully saturated rings. The van der Waals surface area contributed by atoms with E-state index in [1.165, 1.54) is 24.9 Å². The molecule has 0 aliphatic carbocycles. The van der Waals surface area contributed by atoms with Gasteiger partial charge in [0.05, 0.1) is 11.6 Å². The van der Waals surface area contributed by atoms with E-state index < -0.39 is 0 Å². The van der Waals surface area contributed by atoms with Crippen molar-refractivity contribution in [2.75, 3.05) is 26.7 Å². The Kier molecular flexibility index (Phi) is 7.42. The van der Waals surface area contributed by atoms with Crippen molar-refractivity contribution in [1.82, 2.24) is 10.2 Å². The van der Waals surface area contributed by atoms with E-state index in [-0.39, 0.29) is 6.04 Å². The summed E-state index contributed by atoms with van der Waals surface area (Å²) in [5.74, 6) is 1.35. The third-order valence-electron chi connectivity index (χ3n) is 5.15. The highest BCUT2D eigenvalue weighted by Gasteiger charge is 2.18. The minimum atomic E-state index is 0.210. The van der Waals surface area contributed by atoms with Gasteiger partial charge in [0.25, 0.3) is 0 Å². The number of rotatable bonds is 7. The number of piperidine rings is 1. The van der Waals surface area contributed by atoms with Crippen molar-refractivity contribution in [3.63, 3.8) is 0 Å². The topological polar surface area (TPSA) is 24.5 Å². The predicted molar refractivity (Wildman–Crippen MR) is 114 cm³/mol. The van der Waals surface area contributed by atoms with Gasteiger partial charge in [0, 0.05) is 30.1 Å². The zero-order valence-corrected chi connectivity index (χ0v) is 17.6. The maximum atomic E-state index is 6.35. The first-order chi connectivity index (χ1) is 13.0. The van der Waals surface area contributed by atoms with Crippen LogP contribution in [0.1, 0.15) is 36.9 Å². The summed E-state index contributed by atoms with van der Waals surface area (Å²) < 4.78 is 6.07. The van der Waals surface area contributed by atoms with Gasteiger partial charge in [-0.3, -0.25) is 0 Å². The molecule has 0 saturated carbocycles. The first kappa shape index (κ1) is 20.5. The Morgan fingerprint density at radius 3 is 2.85 bits per heavy atom. The highest BCUT2D eigenvalue weighted by Crippen LogP contribution is 2.27. The highest BCUT2D eigenvalue weighted by atomic mass is 35.5. The number of nitrogens with one attached hydrogen (secondary N) is 1. The van der Waals surface area contributed by atoms with Crippen LogP contribution in [-0.4, -0.2) is 31.6 Å². The number of nitrogens with zero attached hydrogens (tertiary/aromatic N) is 1. The standard InChI is InChI=1S/C22H28Cl2N2O/c1-16(19-6-3-7-20(23)12-19)25-13-17-8-9-21(24)22(11-17)27-15-18-5-4-10-26(2)14-18/h3,6-9,11-12,16,18,25H,4-5,10,13-15H2,1-2H3/t16-,18?/m1/s1. The summed E-state index contributed by atoms with van der Waals surface area (Å²) in [5.41, 5.74) is 2.33. The van der Waals surface area contributed by atoms with Crippen molar-refractivity contribution >= 4 is 23.2 Å². The zero-order valence-electron chi connectivity index (χ0n) is 16.1. The van der Waals surface area contributed by atoms with Gasteiger partial charge in [-0.05, 0) is 68.8 Å². The predicted octanol–water partition coefficient (Wildman–Crippen LogP) is 5.56. The Balaban J connectivity index is 1.56. The molecule has 0 amide bonds. The van der Waals surface area contributed by atoms with Crippen molar-refractivity contribution in [2.24, 2.45) is 5.92 Å². The minimum absolute atomic E-state index is 0.210. The molecule has 2 aromatic rings. The molecule has 1 unspecified atom stereocenters. The molecule has 0 radical (unpaired) electrons. The van der Waals surface area contributed by atoms with E-state index in [4.69, 9.17) is 27.9 Å². The van der Waals surface area contributed by atoms with E-state index in [0.717, 1.165) is 36.0 Å². The molecular weight excluding hydrogens is 379 g/mol. The summed E-state index contributed by atoms with van der Waals surface area (Å²) in [6, 6.07) is 14.2. The van der Waals surface area contributed by atoms with E-state index in [1.807, 2.05) is 36.4 Å². The lowest BCUT2D eigenvalue weighted by Gasteiger charge is -2.29. The van der Waals surface area contributed by atoms with E-state index in [2.05, 4.69) is 30.3 Å². The van der Waals surface area contributed by atoms with Crippen LogP contribution in [0, 0.1) is 5.92 Å². The molecule has 3 rings (SSSR count). The average molecular weight is 407 g/mol. The first-order valence-corrected chi connectivity index (χ1v) is 10.4. The van der Waals surface area contributed by atoms with Gasteiger partial charge in [-0.25, -0.2) is 0 Å². The van der Waals surface area contributed by atoms with Crippen molar-refractivity contribution < 1.29 is 4.74 Å². The Bertz CT molecular complexity index is 753. The molecular formula is C22H28Cl2N2O. The molecule has 2 aromatic carbocycles. The second-order valence-electron chi connectivity index (χ2n) is 7.50. The van der Waals surface area contributed by atoms with Crippen LogP contribution < -0.4 is 10.1 Å². The van der Waals surface area contributed by atoms with Crippen LogP contribution in [0.15, 0.2) is 42.5 Å². The fourth-order valence-electron chi connectivity index (χ4n) is 3.55. The van der Waals surface area contributed by atoms with Crippen LogP contribution in [0.4, 0.5) is 0 Å². The number of halogens is 2. The van der Waals surface area contributed by atoms with Crippen molar-refractivity contribution in [1.29, 1.82) is 0 Å². The zero-order chi connectivity index (χ0) is 19.2. The molecule has 5 heteroatoms. The summed E-state index contributed by atoms with van der Waals surface area (Å²) in [6.07, 6.45) is 2.46. The third kappa shape index (κ3) is 6.11. The second kappa shape index (κ2) is 9.79. The molecule has 27 heavy (non-hydrogen) atoms. The largest absolute Gasteiger partial charge is 0.492 e. The van der Waals surface area contributed by atoms with E-state index in [9.17, 15) is 0 Å². The van der Waals surface area contributed by atoms with Gasteiger partial charge in [0.1, 0.15) is 5.75 Å². The number of hydrogen-bond acceptors (Lipinski definition) is 3. The highest BCUT2D eigenvalue weighted by molar-refractivity contribution is 6.32. The van der Waals surface area contributed by atoms with Gasteiger partial charge >= 0.3 is 0 Å². The van der Waals surface area contributed by atoms with Gasteiger partial charge in [-0.2, -0.15) is 0 Å². The normalized spacial score (nSPS) is 19.0. The lowest BCUT2D eigenvalue weighted by Crippen LogP contribution is -2.34. The van der Waals surface area contributed by atoms with Crippen LogP contribution in [0.5, 0.6) is 5.75 Å². The van der Waals surface area contributed by atoms with Gasteiger partial charge in [0.2, 0.25) is 0 Å². The fourth-order valence-corrected chi connectivity index (χ4v) is 3.92. The molecule has 146 valence electrons. The number of ether oxygens (including phenoxy) is 1. The molecule has 2 atom stereocenters. The van der Waals surface area contributed by atoms with Crippen LogP contribution in [0.25, 0.3) is 0 Å². The maximum absolute atomic E-state index is 6.35. The minimum Gasteiger partial charge on any atom is -0.492 e. The lowest BCUT2D eigenvalue weighted by atomic mass is 9.99. The van der Waals surface area contributed by atoms with E-state index in [1.54, 1.807) is 0 Å². The molecule has 3 nitrogen and oxygen atoms in total. The van der Waals surface area contributed by atoms with Crippen molar-refractivity contribution in [3.05, 3.63) is 63.6 Å². The lowest BCUT2D eigenvalue weighted by molar-refractivity contribution is 0.150. The second-order valence-corrected chi connectivity index (χ2v) is 8.35. The third-order valence-corrected chi connectivity index (χ3v) is 5.70. The van der Waals surface area contributed by atoms with Crippen LogP contribution in [0.3, 0.4) is 0 Å². The van der Waals surface area contributed by atoms with E-state index >= 15 is 0 Å². The maximum Gasteiger partial charge on any atom is 0.138 e. The van der Waals surface area contributed by atoms with Crippen LogP contribution in [-0.2, 0) is 6.54 Å². The average Bonchev–Trinajstić information content (AvgIpc) is 2.66. The summed E-state index contributed by atoms with van der Waals surface area (Å²) in [4.78, 5) is 2.37. The van der Waals surface area contributed by atoms with Crippen molar-refractivity contribution in [3.8, 4) is 5.75 Å².